The molecule has 0 amide bonds. The van der Waals surface area contributed by atoms with Gasteiger partial charge in [0.1, 0.15) is 5.82 Å². The third kappa shape index (κ3) is 5.11. The summed E-state index contributed by atoms with van der Waals surface area (Å²) in [6, 6.07) is 16.4. The van der Waals surface area contributed by atoms with Gasteiger partial charge in [0, 0.05) is 55.5 Å². The van der Waals surface area contributed by atoms with Crippen molar-refractivity contribution < 1.29 is 0 Å². The minimum atomic E-state index is 0.539. The predicted octanol–water partition coefficient (Wildman–Crippen LogP) is 4.24. The Morgan fingerprint density at radius 3 is 2.52 bits per heavy atom. The lowest BCUT2D eigenvalue weighted by Gasteiger charge is -2.48. The van der Waals surface area contributed by atoms with E-state index in [1.54, 1.807) is 0 Å². The van der Waals surface area contributed by atoms with E-state index in [0.29, 0.717) is 24.0 Å². The minimum absolute atomic E-state index is 0.539. The number of benzene rings is 1. The molecule has 0 saturated carbocycles. The highest BCUT2D eigenvalue weighted by Gasteiger charge is 2.35. The second kappa shape index (κ2) is 9.46. The summed E-state index contributed by atoms with van der Waals surface area (Å²) < 4.78 is 0. The summed E-state index contributed by atoms with van der Waals surface area (Å²) in [4.78, 5) is 9.79. The van der Waals surface area contributed by atoms with Gasteiger partial charge in [-0.1, -0.05) is 43.6 Å². The Labute approximate surface area is 180 Å². The van der Waals surface area contributed by atoms with Gasteiger partial charge in [-0.05, 0) is 55.0 Å². The number of halogens is 1. The first-order chi connectivity index (χ1) is 14.1. The van der Waals surface area contributed by atoms with Gasteiger partial charge in [-0.3, -0.25) is 4.90 Å². The fraction of sp³-hybridized carbons (Fsp3) is 0.542. The lowest BCUT2D eigenvalue weighted by Crippen LogP contribution is -2.62. The molecule has 2 aromatic rings. The van der Waals surface area contributed by atoms with Gasteiger partial charge >= 0.3 is 0 Å². The van der Waals surface area contributed by atoms with E-state index in [9.17, 15) is 0 Å². The van der Waals surface area contributed by atoms with Crippen LogP contribution in [-0.2, 0) is 6.42 Å². The Balaban J connectivity index is 1.44. The number of nitrogens with one attached hydrogen (secondary N) is 1. The fourth-order valence-electron chi connectivity index (χ4n) is 4.79. The predicted molar refractivity (Wildman–Crippen MR) is 122 cm³/mol. The molecular weight excluding hydrogens is 380 g/mol. The number of aromatic nitrogens is 1. The summed E-state index contributed by atoms with van der Waals surface area (Å²) in [5.41, 5.74) is 1.38. The third-order valence-electron chi connectivity index (χ3n) is 6.59. The number of hydrogen-bond acceptors (Lipinski definition) is 4. The van der Waals surface area contributed by atoms with E-state index in [2.05, 4.69) is 58.2 Å². The van der Waals surface area contributed by atoms with Crippen molar-refractivity contribution in [2.75, 3.05) is 31.1 Å². The Hall–Kier alpha value is -1.62. The summed E-state index contributed by atoms with van der Waals surface area (Å²) in [5.74, 6) is 1.77. The molecule has 2 aliphatic rings. The smallest absolute Gasteiger partial charge is 0.128 e. The molecule has 1 aromatic heterocycles. The van der Waals surface area contributed by atoms with Crippen molar-refractivity contribution in [1.82, 2.24) is 15.2 Å². The Bertz CT molecular complexity index is 756. The van der Waals surface area contributed by atoms with Gasteiger partial charge < -0.3 is 10.2 Å². The van der Waals surface area contributed by atoms with Crippen LogP contribution in [-0.4, -0.2) is 54.2 Å². The Morgan fingerprint density at radius 2 is 1.86 bits per heavy atom. The molecule has 0 radical (unpaired) electrons. The second-order valence-electron chi connectivity index (χ2n) is 8.85. The van der Waals surface area contributed by atoms with Crippen LogP contribution in [0.2, 0.25) is 5.02 Å². The molecule has 2 saturated heterocycles. The third-order valence-corrected chi connectivity index (χ3v) is 6.84. The van der Waals surface area contributed by atoms with E-state index in [-0.39, 0.29) is 0 Å². The van der Waals surface area contributed by atoms with E-state index in [1.807, 2.05) is 24.4 Å². The fourth-order valence-corrected chi connectivity index (χ4v) is 4.91. The lowest BCUT2D eigenvalue weighted by atomic mass is 9.92. The molecule has 0 bridgehead atoms. The average molecular weight is 413 g/mol. The first-order valence-corrected chi connectivity index (χ1v) is 11.4. The topological polar surface area (TPSA) is 31.4 Å². The normalized spacial score (nSPS) is 24.2. The van der Waals surface area contributed by atoms with Gasteiger partial charge in [-0.2, -0.15) is 0 Å². The van der Waals surface area contributed by atoms with Gasteiger partial charge in [-0.25, -0.2) is 4.98 Å². The highest BCUT2D eigenvalue weighted by Crippen LogP contribution is 2.26. The molecule has 0 aliphatic carbocycles. The molecule has 3 heterocycles. The highest BCUT2D eigenvalue weighted by atomic mass is 35.5. The molecule has 1 N–H and O–H groups in total. The van der Waals surface area contributed by atoms with Crippen LogP contribution < -0.4 is 10.2 Å². The summed E-state index contributed by atoms with van der Waals surface area (Å²) >= 11 is 6.09. The first-order valence-electron chi connectivity index (χ1n) is 11.0. The van der Waals surface area contributed by atoms with Gasteiger partial charge in [0.2, 0.25) is 0 Å². The van der Waals surface area contributed by atoms with Gasteiger partial charge in [0.15, 0.2) is 0 Å². The monoisotopic (exact) mass is 412 g/mol. The van der Waals surface area contributed by atoms with Crippen molar-refractivity contribution in [2.45, 2.75) is 51.2 Å². The quantitative estimate of drug-likeness (QED) is 0.795. The van der Waals surface area contributed by atoms with Crippen molar-refractivity contribution >= 4 is 17.4 Å². The maximum absolute atomic E-state index is 6.09. The zero-order valence-electron chi connectivity index (χ0n) is 17.6. The van der Waals surface area contributed by atoms with E-state index < -0.39 is 0 Å². The number of piperidine rings is 1. The van der Waals surface area contributed by atoms with Crippen molar-refractivity contribution in [3.05, 3.63) is 59.2 Å². The molecule has 156 valence electrons. The average Bonchev–Trinajstić information content (AvgIpc) is 2.76. The molecule has 4 nitrogen and oxygen atoms in total. The number of nitrogens with zero attached hydrogens (tertiary/aromatic N) is 3. The van der Waals surface area contributed by atoms with Gasteiger partial charge in [0.25, 0.3) is 0 Å². The zero-order valence-corrected chi connectivity index (χ0v) is 18.4. The Morgan fingerprint density at radius 1 is 1.10 bits per heavy atom. The molecule has 1 aromatic carbocycles. The van der Waals surface area contributed by atoms with Crippen LogP contribution in [0.1, 0.15) is 32.3 Å². The van der Waals surface area contributed by atoms with Gasteiger partial charge in [-0.15, -0.1) is 0 Å². The van der Waals surface area contributed by atoms with Crippen molar-refractivity contribution in [1.29, 1.82) is 0 Å². The minimum Gasteiger partial charge on any atom is -0.357 e. The first kappa shape index (κ1) is 20.6. The number of anilines is 1. The molecule has 2 fully saturated rings. The summed E-state index contributed by atoms with van der Waals surface area (Å²) in [6.45, 7) is 9.05. The van der Waals surface area contributed by atoms with Crippen LogP contribution in [0, 0.1) is 5.92 Å². The van der Waals surface area contributed by atoms with Crippen LogP contribution in [0.25, 0.3) is 0 Å². The van der Waals surface area contributed by atoms with Crippen LogP contribution in [0.3, 0.4) is 0 Å². The molecular formula is C24H33ClN4. The van der Waals surface area contributed by atoms with E-state index in [0.717, 1.165) is 43.4 Å². The molecule has 2 atom stereocenters. The summed E-state index contributed by atoms with van der Waals surface area (Å²) in [5, 5.41) is 4.63. The largest absolute Gasteiger partial charge is 0.357 e. The molecule has 29 heavy (non-hydrogen) atoms. The molecule has 2 aliphatic heterocycles. The van der Waals surface area contributed by atoms with E-state index >= 15 is 0 Å². The SMILES string of the molecule is CC(C)C1CN(C2CCN(c3ccccn3)CC2)[C@@H](Cc2ccc(Cl)cc2)CN1. The van der Waals surface area contributed by atoms with Crippen molar-refractivity contribution in [3.63, 3.8) is 0 Å². The van der Waals surface area contributed by atoms with Crippen LogP contribution >= 0.6 is 11.6 Å². The van der Waals surface area contributed by atoms with Crippen molar-refractivity contribution in [2.24, 2.45) is 5.92 Å². The number of rotatable bonds is 5. The number of pyridine rings is 1. The van der Waals surface area contributed by atoms with E-state index in [1.165, 1.54) is 18.4 Å². The lowest BCUT2D eigenvalue weighted by molar-refractivity contribution is 0.0575. The number of piperazine rings is 1. The van der Waals surface area contributed by atoms with Crippen LogP contribution in [0.15, 0.2) is 48.7 Å². The van der Waals surface area contributed by atoms with Crippen LogP contribution in [0.4, 0.5) is 5.82 Å². The molecule has 4 rings (SSSR count). The van der Waals surface area contributed by atoms with Gasteiger partial charge in [0.05, 0.1) is 0 Å². The summed E-state index contributed by atoms with van der Waals surface area (Å²) in [7, 11) is 0. The molecule has 0 spiro atoms. The second-order valence-corrected chi connectivity index (χ2v) is 9.28. The number of hydrogen-bond donors (Lipinski definition) is 1. The van der Waals surface area contributed by atoms with Crippen molar-refractivity contribution in [3.8, 4) is 0 Å². The summed E-state index contributed by atoms with van der Waals surface area (Å²) in [6.07, 6.45) is 5.39. The van der Waals surface area contributed by atoms with E-state index in [4.69, 9.17) is 11.6 Å². The molecule has 1 unspecified atom stereocenters. The zero-order chi connectivity index (χ0) is 20.2. The standard InChI is InChI=1S/C24H33ClN4/c1-18(2)23-17-29(22(16-27-23)15-19-6-8-20(25)9-7-19)21-10-13-28(14-11-21)24-5-3-4-12-26-24/h3-9,12,18,21-23,27H,10-11,13-17H2,1-2H3/t22-,23?/m0/s1. The Kier molecular flexibility index (Phi) is 6.74. The molecule has 5 heteroatoms. The maximum atomic E-state index is 6.09. The highest BCUT2D eigenvalue weighted by molar-refractivity contribution is 6.30. The maximum Gasteiger partial charge on any atom is 0.128 e. The van der Waals surface area contributed by atoms with Crippen LogP contribution in [0.5, 0.6) is 0 Å².